The van der Waals surface area contributed by atoms with Crippen LogP contribution in [-0.2, 0) is 4.79 Å². The van der Waals surface area contributed by atoms with Gasteiger partial charge < -0.3 is 5.11 Å². The van der Waals surface area contributed by atoms with Gasteiger partial charge in [0.15, 0.2) is 5.78 Å². The molecule has 0 radical (unpaired) electrons. The van der Waals surface area contributed by atoms with Crippen LogP contribution in [0.2, 0.25) is 0 Å². The normalized spacial score (nSPS) is 12.2. The summed E-state index contributed by atoms with van der Waals surface area (Å²) in [5.74, 6) is -1.67. The molecule has 3 nitrogen and oxygen atoms in total. The number of Topliss-reactive ketones (excluding diaryl/α,β-unsaturated/α-hetero) is 1. The van der Waals surface area contributed by atoms with E-state index in [-0.39, 0.29) is 12.2 Å². The molecule has 0 bridgehead atoms. The molecule has 1 rings (SSSR count). The summed E-state index contributed by atoms with van der Waals surface area (Å²) >= 11 is 0. The van der Waals surface area contributed by atoms with E-state index in [0.29, 0.717) is 5.56 Å². The molecule has 0 aliphatic heterocycles. The number of rotatable bonds is 4. The minimum atomic E-state index is -0.933. The van der Waals surface area contributed by atoms with Gasteiger partial charge in [0.2, 0.25) is 0 Å². The van der Waals surface area contributed by atoms with Gasteiger partial charge in [-0.1, -0.05) is 24.1 Å². The second kappa shape index (κ2) is 4.92. The summed E-state index contributed by atoms with van der Waals surface area (Å²) in [6, 6.07) is 5.57. The Morgan fingerprint density at radius 2 is 1.69 bits per heavy atom. The molecule has 0 saturated carbocycles. The van der Waals surface area contributed by atoms with Gasteiger partial charge in [-0.25, -0.2) is 0 Å². The highest BCUT2D eigenvalue weighted by Gasteiger charge is 2.17. The van der Waals surface area contributed by atoms with Gasteiger partial charge in [-0.3, -0.25) is 9.59 Å². The van der Waals surface area contributed by atoms with Crippen molar-refractivity contribution < 1.29 is 14.7 Å². The van der Waals surface area contributed by atoms with Gasteiger partial charge in [0.25, 0.3) is 0 Å². The first kappa shape index (κ1) is 12.4. The molecular formula is C13H16O3. The van der Waals surface area contributed by atoms with Crippen LogP contribution in [-0.4, -0.2) is 16.9 Å². The summed E-state index contributed by atoms with van der Waals surface area (Å²) in [5.41, 5.74) is 2.64. The van der Waals surface area contributed by atoms with Crippen molar-refractivity contribution in [2.45, 2.75) is 27.2 Å². The van der Waals surface area contributed by atoms with Crippen LogP contribution in [0.1, 0.15) is 34.8 Å². The lowest BCUT2D eigenvalue weighted by molar-refractivity contribution is -0.141. The zero-order valence-electron chi connectivity index (χ0n) is 9.78. The number of carboxylic acid groups (broad SMARTS) is 1. The number of hydrogen-bond acceptors (Lipinski definition) is 2. The first-order chi connectivity index (χ1) is 7.40. The summed E-state index contributed by atoms with van der Waals surface area (Å²) in [5, 5.41) is 8.73. The molecule has 1 N–H and O–H groups in total. The van der Waals surface area contributed by atoms with Crippen molar-refractivity contribution in [3.05, 3.63) is 34.9 Å². The van der Waals surface area contributed by atoms with Crippen LogP contribution in [0.4, 0.5) is 0 Å². The number of carbonyl (C=O) groups is 2. The van der Waals surface area contributed by atoms with Crippen molar-refractivity contribution in [2.75, 3.05) is 0 Å². The molecule has 1 aromatic rings. The summed E-state index contributed by atoms with van der Waals surface area (Å²) in [4.78, 5) is 22.4. The van der Waals surface area contributed by atoms with E-state index in [0.717, 1.165) is 11.1 Å². The van der Waals surface area contributed by atoms with Gasteiger partial charge in [0, 0.05) is 12.0 Å². The third-order valence-electron chi connectivity index (χ3n) is 2.46. The molecule has 0 aliphatic rings. The number of benzene rings is 1. The fraction of sp³-hybridized carbons (Fsp3) is 0.385. The number of carbonyl (C=O) groups excluding carboxylic acids is 1. The van der Waals surface area contributed by atoms with Crippen molar-refractivity contribution in [2.24, 2.45) is 5.92 Å². The highest BCUT2D eigenvalue weighted by molar-refractivity contribution is 5.98. The second-order valence-electron chi connectivity index (χ2n) is 4.24. The molecule has 1 atom stereocenters. The van der Waals surface area contributed by atoms with E-state index >= 15 is 0 Å². The van der Waals surface area contributed by atoms with E-state index in [4.69, 9.17) is 5.11 Å². The van der Waals surface area contributed by atoms with Gasteiger partial charge in [0.1, 0.15) is 0 Å². The molecule has 1 aromatic carbocycles. The lowest BCUT2D eigenvalue weighted by Crippen LogP contribution is -2.14. The molecule has 0 aromatic heterocycles. The quantitative estimate of drug-likeness (QED) is 0.793. The minimum absolute atomic E-state index is 0.0538. The number of aryl methyl sites for hydroxylation is 2. The largest absolute Gasteiger partial charge is 0.481 e. The molecule has 0 fully saturated rings. The number of carboxylic acids is 1. The Hall–Kier alpha value is -1.64. The van der Waals surface area contributed by atoms with Gasteiger partial charge >= 0.3 is 5.97 Å². The van der Waals surface area contributed by atoms with E-state index in [1.54, 1.807) is 19.1 Å². The van der Waals surface area contributed by atoms with Crippen LogP contribution < -0.4 is 0 Å². The molecule has 3 heteroatoms. The van der Waals surface area contributed by atoms with Gasteiger partial charge in [-0.2, -0.15) is 0 Å². The van der Waals surface area contributed by atoms with Gasteiger partial charge in [-0.05, 0) is 26.0 Å². The van der Waals surface area contributed by atoms with Crippen LogP contribution in [0.5, 0.6) is 0 Å². The zero-order chi connectivity index (χ0) is 12.3. The average Bonchev–Trinajstić information content (AvgIpc) is 2.15. The Morgan fingerprint density at radius 1 is 1.19 bits per heavy atom. The fourth-order valence-corrected chi connectivity index (χ4v) is 1.62. The predicted molar refractivity (Wildman–Crippen MR) is 61.7 cm³/mol. The van der Waals surface area contributed by atoms with E-state index in [1.165, 1.54) is 0 Å². The van der Waals surface area contributed by atoms with Crippen LogP contribution in [0, 0.1) is 19.8 Å². The maximum Gasteiger partial charge on any atom is 0.306 e. The Bertz CT molecular complexity index is 401. The first-order valence-corrected chi connectivity index (χ1v) is 5.24. The molecule has 0 aliphatic carbocycles. The van der Waals surface area contributed by atoms with Crippen molar-refractivity contribution in [3.8, 4) is 0 Å². The lowest BCUT2D eigenvalue weighted by atomic mass is 9.97. The standard InChI is InChI=1S/C13H16O3/c1-8-4-9(2)6-11(5-8)12(14)7-10(3)13(15)16/h4-6,10H,7H2,1-3H3,(H,15,16)/t10-/m0/s1. The van der Waals surface area contributed by atoms with E-state index in [1.807, 2.05) is 19.9 Å². The monoisotopic (exact) mass is 220 g/mol. The Labute approximate surface area is 95.1 Å². The minimum Gasteiger partial charge on any atom is -0.481 e. The summed E-state index contributed by atoms with van der Waals surface area (Å²) < 4.78 is 0. The molecule has 0 saturated heterocycles. The summed E-state index contributed by atoms with van der Waals surface area (Å²) in [7, 11) is 0. The molecule has 0 unspecified atom stereocenters. The van der Waals surface area contributed by atoms with Crippen molar-refractivity contribution in [3.63, 3.8) is 0 Å². The topological polar surface area (TPSA) is 54.4 Å². The first-order valence-electron chi connectivity index (χ1n) is 5.24. The van der Waals surface area contributed by atoms with Gasteiger partial charge in [-0.15, -0.1) is 0 Å². The second-order valence-corrected chi connectivity index (χ2v) is 4.24. The molecular weight excluding hydrogens is 204 g/mol. The lowest BCUT2D eigenvalue weighted by Gasteiger charge is -2.07. The predicted octanol–water partition coefficient (Wildman–Crippen LogP) is 2.60. The third-order valence-corrected chi connectivity index (χ3v) is 2.46. The van der Waals surface area contributed by atoms with E-state index in [2.05, 4.69) is 0 Å². The van der Waals surface area contributed by atoms with Crippen LogP contribution in [0.25, 0.3) is 0 Å². The van der Waals surface area contributed by atoms with E-state index < -0.39 is 11.9 Å². The molecule has 0 amide bonds. The number of hydrogen-bond donors (Lipinski definition) is 1. The maximum atomic E-state index is 11.8. The summed E-state index contributed by atoms with van der Waals surface area (Å²) in [6.07, 6.45) is 0.0538. The zero-order valence-corrected chi connectivity index (χ0v) is 9.78. The van der Waals surface area contributed by atoms with Crippen LogP contribution in [0.3, 0.4) is 0 Å². The Morgan fingerprint density at radius 3 is 2.12 bits per heavy atom. The Kier molecular flexibility index (Phi) is 3.82. The SMILES string of the molecule is Cc1cc(C)cc(C(=O)C[C@H](C)C(=O)O)c1. The average molecular weight is 220 g/mol. The van der Waals surface area contributed by atoms with Crippen LogP contribution >= 0.6 is 0 Å². The molecule has 0 heterocycles. The molecule has 0 spiro atoms. The van der Waals surface area contributed by atoms with Crippen molar-refractivity contribution in [1.29, 1.82) is 0 Å². The number of ketones is 1. The highest BCUT2D eigenvalue weighted by Crippen LogP contribution is 2.14. The smallest absolute Gasteiger partial charge is 0.306 e. The molecule has 16 heavy (non-hydrogen) atoms. The van der Waals surface area contributed by atoms with Crippen molar-refractivity contribution in [1.82, 2.24) is 0 Å². The van der Waals surface area contributed by atoms with Crippen LogP contribution in [0.15, 0.2) is 18.2 Å². The third kappa shape index (κ3) is 3.19. The van der Waals surface area contributed by atoms with Gasteiger partial charge in [0.05, 0.1) is 5.92 Å². The fourth-order valence-electron chi connectivity index (χ4n) is 1.62. The highest BCUT2D eigenvalue weighted by atomic mass is 16.4. The van der Waals surface area contributed by atoms with Crippen molar-refractivity contribution >= 4 is 11.8 Å². The summed E-state index contributed by atoms with van der Waals surface area (Å²) in [6.45, 7) is 5.39. The molecule has 86 valence electrons. The Balaban J connectivity index is 2.84. The van der Waals surface area contributed by atoms with E-state index in [9.17, 15) is 9.59 Å². The number of aliphatic carboxylic acids is 1. The maximum absolute atomic E-state index is 11.8.